The first-order chi connectivity index (χ1) is 13.0. The molecule has 0 radical (unpaired) electrons. The zero-order valence-corrected chi connectivity index (χ0v) is 15.4. The van der Waals surface area contributed by atoms with Crippen molar-refractivity contribution in [2.45, 2.75) is 5.92 Å². The quantitative estimate of drug-likeness (QED) is 0.608. The number of imide groups is 1. The van der Waals surface area contributed by atoms with Crippen LogP contribution in [0.2, 0.25) is 0 Å². The van der Waals surface area contributed by atoms with Crippen LogP contribution in [0.4, 0.5) is 10.1 Å². The molecule has 2 amide bonds. The van der Waals surface area contributed by atoms with Gasteiger partial charge in [0.1, 0.15) is 11.4 Å². The van der Waals surface area contributed by atoms with Crippen molar-refractivity contribution in [2.24, 2.45) is 0 Å². The fraction of sp³-hybridized carbons (Fsp3) is 0.100. The number of carbonyl (C=O) groups excluding carboxylic acids is 2. The highest BCUT2D eigenvalue weighted by molar-refractivity contribution is 9.10. The smallest absolute Gasteiger partial charge is 0.259 e. The topological polar surface area (TPSA) is 71.3 Å². The lowest BCUT2D eigenvalue weighted by Gasteiger charge is -2.12. The number of halogens is 2. The van der Waals surface area contributed by atoms with Gasteiger partial charge < -0.3 is 9.73 Å². The fourth-order valence-corrected chi connectivity index (χ4v) is 4.17. The van der Waals surface area contributed by atoms with Crippen LogP contribution in [-0.4, -0.2) is 18.4 Å². The minimum absolute atomic E-state index is 0.285. The van der Waals surface area contributed by atoms with Crippen molar-refractivity contribution in [1.29, 1.82) is 0 Å². The summed E-state index contributed by atoms with van der Waals surface area (Å²) in [4.78, 5) is 25.2. The highest BCUT2D eigenvalue weighted by Crippen LogP contribution is 2.43. The maximum Gasteiger partial charge on any atom is 0.259 e. The third kappa shape index (κ3) is 2.35. The van der Waals surface area contributed by atoms with Gasteiger partial charge in [0.15, 0.2) is 0 Å². The molecule has 0 aliphatic carbocycles. The predicted octanol–water partition coefficient (Wildman–Crippen LogP) is 3.95. The number of anilines is 1. The monoisotopic (exact) mass is 426 g/mol. The summed E-state index contributed by atoms with van der Waals surface area (Å²) in [6.45, 7) is 0.403. The number of fused-ring (bicyclic) bond motifs is 2. The Hall–Kier alpha value is -2.93. The van der Waals surface area contributed by atoms with Crippen molar-refractivity contribution < 1.29 is 18.4 Å². The normalized spacial score (nSPS) is 18.8. The van der Waals surface area contributed by atoms with Gasteiger partial charge in [-0.1, -0.05) is 18.2 Å². The van der Waals surface area contributed by atoms with E-state index >= 15 is 0 Å². The second-order valence-corrected chi connectivity index (χ2v) is 7.36. The van der Waals surface area contributed by atoms with Crippen LogP contribution in [0.15, 0.2) is 57.1 Å². The maximum absolute atomic E-state index is 14.1. The number of carbonyl (C=O) groups is 2. The van der Waals surface area contributed by atoms with Crippen LogP contribution in [0.3, 0.4) is 0 Å². The predicted molar refractivity (Wildman–Crippen MR) is 102 cm³/mol. The van der Waals surface area contributed by atoms with E-state index in [1.165, 1.54) is 12.3 Å². The molecule has 1 aromatic heterocycles. The molecule has 1 unspecified atom stereocenters. The highest BCUT2D eigenvalue weighted by Gasteiger charge is 2.40. The molecule has 0 saturated heterocycles. The van der Waals surface area contributed by atoms with Gasteiger partial charge in [-0.3, -0.25) is 14.9 Å². The van der Waals surface area contributed by atoms with Crippen LogP contribution in [0, 0.1) is 5.82 Å². The van der Waals surface area contributed by atoms with Gasteiger partial charge in [-0.15, -0.1) is 0 Å². The van der Waals surface area contributed by atoms with Crippen molar-refractivity contribution >= 4 is 50.0 Å². The summed E-state index contributed by atoms with van der Waals surface area (Å²) >= 11 is 3.17. The SMILES string of the molecule is O=C1NC(=O)C(C2CNc3cc(Br)c(F)cc32)=C1c1coc2ccccc12. The molecule has 0 saturated carbocycles. The Kier molecular flexibility index (Phi) is 3.48. The maximum atomic E-state index is 14.1. The van der Waals surface area contributed by atoms with Gasteiger partial charge in [0, 0.05) is 34.7 Å². The molecule has 3 heterocycles. The Morgan fingerprint density at radius 2 is 1.96 bits per heavy atom. The van der Waals surface area contributed by atoms with Gasteiger partial charge in [-0.05, 0) is 39.7 Å². The fourth-order valence-electron chi connectivity index (χ4n) is 3.82. The molecule has 1 atom stereocenters. The van der Waals surface area contributed by atoms with Gasteiger partial charge in [0.2, 0.25) is 0 Å². The molecule has 2 N–H and O–H groups in total. The summed E-state index contributed by atoms with van der Waals surface area (Å²) in [5, 5.41) is 6.32. The van der Waals surface area contributed by atoms with Gasteiger partial charge in [0.25, 0.3) is 11.8 Å². The Balaban J connectivity index is 1.74. The molecule has 2 aliphatic heterocycles. The van der Waals surface area contributed by atoms with Gasteiger partial charge >= 0.3 is 0 Å². The Morgan fingerprint density at radius 3 is 2.81 bits per heavy atom. The highest BCUT2D eigenvalue weighted by atomic mass is 79.9. The van der Waals surface area contributed by atoms with E-state index in [2.05, 4.69) is 26.6 Å². The molecule has 0 spiro atoms. The minimum atomic E-state index is -0.465. The average Bonchev–Trinajstić information content (AvgIpc) is 3.31. The number of benzene rings is 2. The molecule has 134 valence electrons. The summed E-state index contributed by atoms with van der Waals surface area (Å²) in [5.74, 6) is -1.77. The minimum Gasteiger partial charge on any atom is -0.464 e. The summed E-state index contributed by atoms with van der Waals surface area (Å²) in [6.07, 6.45) is 1.49. The lowest BCUT2D eigenvalue weighted by atomic mass is 9.88. The number of para-hydroxylation sites is 1. The number of rotatable bonds is 2. The van der Waals surface area contributed by atoms with Gasteiger partial charge in [-0.2, -0.15) is 0 Å². The van der Waals surface area contributed by atoms with E-state index in [4.69, 9.17) is 4.42 Å². The largest absolute Gasteiger partial charge is 0.464 e. The zero-order valence-electron chi connectivity index (χ0n) is 13.8. The molecule has 3 aromatic rings. The summed E-state index contributed by atoms with van der Waals surface area (Å²) < 4.78 is 20.0. The average molecular weight is 427 g/mol. The van der Waals surface area contributed by atoms with E-state index in [0.29, 0.717) is 33.3 Å². The molecule has 27 heavy (non-hydrogen) atoms. The number of furan rings is 1. The number of nitrogens with one attached hydrogen (secondary N) is 2. The van der Waals surface area contributed by atoms with Crippen LogP contribution in [-0.2, 0) is 9.59 Å². The van der Waals surface area contributed by atoms with E-state index in [1.807, 2.05) is 18.2 Å². The van der Waals surface area contributed by atoms with Crippen LogP contribution in [0.25, 0.3) is 16.5 Å². The molecule has 5 rings (SSSR count). The van der Waals surface area contributed by atoms with Crippen molar-refractivity contribution in [3.8, 4) is 0 Å². The Morgan fingerprint density at radius 1 is 1.15 bits per heavy atom. The summed E-state index contributed by atoms with van der Waals surface area (Å²) in [5.41, 5.74) is 3.21. The van der Waals surface area contributed by atoms with E-state index in [-0.39, 0.29) is 5.57 Å². The molecule has 2 aliphatic rings. The van der Waals surface area contributed by atoms with Crippen LogP contribution >= 0.6 is 15.9 Å². The first-order valence-electron chi connectivity index (χ1n) is 8.34. The third-order valence-electron chi connectivity index (χ3n) is 5.03. The number of hydrogen-bond donors (Lipinski definition) is 2. The van der Waals surface area contributed by atoms with Crippen LogP contribution < -0.4 is 10.6 Å². The zero-order chi connectivity index (χ0) is 18.7. The molecular weight excluding hydrogens is 415 g/mol. The number of hydrogen-bond acceptors (Lipinski definition) is 4. The van der Waals surface area contributed by atoms with Crippen LogP contribution in [0.1, 0.15) is 17.0 Å². The first-order valence-corrected chi connectivity index (χ1v) is 9.13. The lowest BCUT2D eigenvalue weighted by molar-refractivity contribution is -0.123. The van der Waals surface area contributed by atoms with E-state index in [9.17, 15) is 14.0 Å². The van der Waals surface area contributed by atoms with E-state index in [1.54, 1.807) is 12.1 Å². The van der Waals surface area contributed by atoms with E-state index in [0.717, 1.165) is 11.1 Å². The van der Waals surface area contributed by atoms with Gasteiger partial charge in [-0.25, -0.2) is 4.39 Å². The number of amides is 2. The molecule has 7 heteroatoms. The Bertz CT molecular complexity index is 1180. The second kappa shape index (κ2) is 5.79. The third-order valence-corrected chi connectivity index (χ3v) is 5.64. The summed E-state index contributed by atoms with van der Waals surface area (Å²) in [6, 6.07) is 10.4. The van der Waals surface area contributed by atoms with Gasteiger partial charge in [0.05, 0.1) is 16.3 Å². The first kappa shape index (κ1) is 16.3. The molecule has 0 fully saturated rings. The van der Waals surface area contributed by atoms with Crippen LogP contribution in [0.5, 0.6) is 0 Å². The van der Waals surface area contributed by atoms with Crippen molar-refractivity contribution in [1.82, 2.24) is 5.32 Å². The molecule has 5 nitrogen and oxygen atoms in total. The second-order valence-electron chi connectivity index (χ2n) is 6.50. The molecular formula is C20H12BrFN2O3. The Labute approximate surface area is 161 Å². The van der Waals surface area contributed by atoms with Crippen molar-refractivity contribution in [3.63, 3.8) is 0 Å². The van der Waals surface area contributed by atoms with Crippen molar-refractivity contribution in [2.75, 3.05) is 11.9 Å². The molecule has 2 aromatic carbocycles. The lowest BCUT2D eigenvalue weighted by Crippen LogP contribution is -2.24. The standard InChI is InChI=1S/C20H12BrFN2O3/c21-13-6-15-10(5-14(13)22)11(7-23-15)17-18(20(26)24-19(17)25)12-8-27-16-4-2-1-3-9(12)16/h1-6,8,11,23H,7H2,(H,24,25,26). The molecule has 0 bridgehead atoms. The van der Waals surface area contributed by atoms with Crippen molar-refractivity contribution in [3.05, 3.63) is 69.7 Å². The van der Waals surface area contributed by atoms with E-state index < -0.39 is 23.5 Å². The summed E-state index contributed by atoms with van der Waals surface area (Å²) in [7, 11) is 0.